The summed E-state index contributed by atoms with van der Waals surface area (Å²) in [7, 11) is 0. The lowest BCUT2D eigenvalue weighted by atomic mass is 12.7. The Bertz CT molecular complexity index is 21.0. The molecule has 1 rings (SSSR count). The first kappa shape index (κ1) is 3.93. The van der Waals surface area contributed by atoms with E-state index in [1.165, 1.54) is 0 Å². The van der Waals surface area contributed by atoms with Gasteiger partial charge in [0.2, 0.25) is 0 Å². The Morgan fingerprint density at radius 2 is 1.33 bits per heavy atom. The van der Waals surface area contributed by atoms with Crippen LogP contribution in [0.4, 0.5) is 0 Å². The quantitative estimate of drug-likeness (QED) is 0.365. The molecule has 0 unspecified atom stereocenters. The highest BCUT2D eigenvalue weighted by atomic mass is 17.7. The van der Waals surface area contributed by atoms with Gasteiger partial charge in [0.1, 0.15) is 0 Å². The van der Waals surface area contributed by atoms with E-state index in [0.717, 1.165) is 0 Å². The molecule has 1 aliphatic rings. The molecule has 1 heterocycles. The second-order valence-electron chi connectivity index (χ2n) is 0.507. The molecule has 0 aliphatic carbocycles. The van der Waals surface area contributed by atoms with Crippen molar-refractivity contribution in [3.8, 4) is 0 Å². The summed E-state index contributed by atoms with van der Waals surface area (Å²) in [5, 5.41) is 7.35. The van der Waals surface area contributed by atoms with Gasteiger partial charge in [0.05, 0.1) is 0 Å². The van der Waals surface area contributed by atoms with Crippen molar-refractivity contribution in [1.29, 1.82) is 0 Å². The lowest BCUT2D eigenvalue weighted by Crippen LogP contribution is -2.36. The Kier molecular flexibility index (Phi) is 1.33. The molecule has 6 heteroatoms. The van der Waals surface area contributed by atoms with Crippen LogP contribution < -0.4 is 11.2 Å². The van der Waals surface area contributed by atoms with Crippen molar-refractivity contribution in [2.45, 2.75) is 0 Å². The highest BCUT2D eigenvalue weighted by Crippen LogP contribution is 1.78. The molecule has 6 nitrogen and oxygen atoms in total. The van der Waals surface area contributed by atoms with E-state index >= 15 is 0 Å². The van der Waals surface area contributed by atoms with Crippen LogP contribution >= 0.6 is 0 Å². The molecule has 36 valence electrons. The summed E-state index contributed by atoms with van der Waals surface area (Å²) in [6.45, 7) is 0. The van der Waals surface area contributed by atoms with E-state index in [0.29, 0.717) is 0 Å². The van der Waals surface area contributed by atoms with Crippen LogP contribution in [0.5, 0.6) is 0 Å². The van der Waals surface area contributed by atoms with Crippen LogP contribution in [0.25, 0.3) is 0 Å². The monoisotopic (exact) mass is 94.0 g/mol. The molecule has 1 aliphatic heterocycles. The molecule has 0 bridgehead atoms. The summed E-state index contributed by atoms with van der Waals surface area (Å²) in [5.41, 5.74) is 3.93. The van der Waals surface area contributed by atoms with Gasteiger partial charge in [0.15, 0.2) is 0 Å². The zero-order chi connectivity index (χ0) is 4.24. The number of rotatable bonds is 0. The Balaban J connectivity index is 2.00. The van der Waals surface area contributed by atoms with Crippen LogP contribution in [0.3, 0.4) is 0 Å². The second kappa shape index (κ2) is 2.03. The first-order valence-corrected chi connectivity index (χ1v) is 1.16. The zero-order valence-corrected chi connectivity index (χ0v) is 2.63. The minimum absolute atomic E-state index is 1.97. The number of hydrazine groups is 1. The van der Waals surface area contributed by atoms with Crippen molar-refractivity contribution < 1.29 is 20.1 Å². The third-order valence-corrected chi connectivity index (χ3v) is 0.221. The van der Waals surface area contributed by atoms with Gasteiger partial charge in [0.25, 0.3) is 0 Å². The molecule has 0 aromatic carbocycles. The Morgan fingerprint density at radius 1 is 0.833 bits per heavy atom. The van der Waals surface area contributed by atoms with Crippen LogP contribution in [0.2, 0.25) is 0 Å². The molecular weight excluding hydrogens is 92.0 g/mol. The van der Waals surface area contributed by atoms with Crippen LogP contribution in [0.1, 0.15) is 0 Å². The average molecular weight is 94.0 g/mol. The fourth-order valence-corrected chi connectivity index (χ4v) is 0.0958. The highest BCUT2D eigenvalue weighted by Gasteiger charge is 1.94. The molecule has 1 fully saturated rings. The average Bonchev–Trinajstić information content (AvgIpc) is 1.72. The van der Waals surface area contributed by atoms with Crippen LogP contribution in [0, 0.1) is 0 Å². The van der Waals surface area contributed by atoms with E-state index in [1.807, 2.05) is 11.2 Å². The van der Waals surface area contributed by atoms with E-state index in [9.17, 15) is 0 Å². The molecule has 0 radical (unpaired) electrons. The molecule has 0 saturated carbocycles. The summed E-state index contributed by atoms with van der Waals surface area (Å²) in [4.78, 5) is 7.72. The third-order valence-electron chi connectivity index (χ3n) is 0.221. The van der Waals surface area contributed by atoms with E-state index < -0.39 is 0 Å². The van der Waals surface area contributed by atoms with E-state index in [2.05, 4.69) is 20.1 Å². The third kappa shape index (κ3) is 0.863. The standard InChI is InChI=1S/H2N2O4/c1-2-4-6-5-3-1/h1-2H. The van der Waals surface area contributed by atoms with Gasteiger partial charge in [0, 0.05) is 0 Å². The smallest absolute Gasteiger partial charge is 0.0144 e. The van der Waals surface area contributed by atoms with Crippen molar-refractivity contribution in [2.75, 3.05) is 0 Å². The largest absolute Gasteiger partial charge is 0.0922 e. The van der Waals surface area contributed by atoms with Crippen molar-refractivity contribution in [3.63, 3.8) is 0 Å². The topological polar surface area (TPSA) is 61.0 Å². The van der Waals surface area contributed by atoms with E-state index in [4.69, 9.17) is 0 Å². The maximum atomic E-state index is 3.86. The molecule has 0 aromatic heterocycles. The fourth-order valence-electron chi connectivity index (χ4n) is 0.0958. The fraction of sp³-hybridized carbons (Fsp3) is 0. The zero-order valence-electron chi connectivity index (χ0n) is 2.63. The molecule has 0 atom stereocenters. The summed E-state index contributed by atoms with van der Waals surface area (Å²) < 4.78 is 0. The molecule has 6 heavy (non-hydrogen) atoms. The highest BCUT2D eigenvalue weighted by molar-refractivity contribution is 3.68. The molecule has 0 aromatic rings. The maximum absolute atomic E-state index is 3.86. The predicted molar refractivity (Wildman–Crippen MR) is 10.6 cm³/mol. The van der Waals surface area contributed by atoms with Gasteiger partial charge in [-0.05, 0) is 10.1 Å². The first-order chi connectivity index (χ1) is 3.00. The van der Waals surface area contributed by atoms with E-state index in [1.54, 1.807) is 0 Å². The van der Waals surface area contributed by atoms with Crippen LogP contribution in [0.15, 0.2) is 0 Å². The van der Waals surface area contributed by atoms with Gasteiger partial charge >= 0.3 is 0 Å². The molecular formula is H2N2O4. The van der Waals surface area contributed by atoms with Crippen molar-refractivity contribution in [3.05, 3.63) is 0 Å². The van der Waals surface area contributed by atoms with Crippen molar-refractivity contribution >= 4 is 0 Å². The summed E-state index contributed by atoms with van der Waals surface area (Å²) in [6, 6.07) is 0. The number of nitrogens with one attached hydrogen (secondary N) is 2. The maximum Gasteiger partial charge on any atom is -0.0144 e. The SMILES string of the molecule is N1NOOOO1. The molecule has 0 amide bonds. The van der Waals surface area contributed by atoms with Gasteiger partial charge in [-0.2, -0.15) is 0 Å². The lowest BCUT2D eigenvalue weighted by Gasteiger charge is -2.06. The van der Waals surface area contributed by atoms with Crippen molar-refractivity contribution in [2.24, 2.45) is 0 Å². The lowest BCUT2D eigenvalue weighted by molar-refractivity contribution is -0.707. The van der Waals surface area contributed by atoms with Gasteiger partial charge in [-0.25, -0.2) is 0 Å². The Labute approximate surface area is 32.6 Å². The van der Waals surface area contributed by atoms with Gasteiger partial charge in [-0.1, -0.05) is 21.2 Å². The summed E-state index contributed by atoms with van der Waals surface area (Å²) >= 11 is 0. The van der Waals surface area contributed by atoms with Crippen LogP contribution in [-0.4, -0.2) is 0 Å². The van der Waals surface area contributed by atoms with Gasteiger partial charge in [-0.3, -0.25) is 0 Å². The Hall–Kier alpha value is -0.240. The van der Waals surface area contributed by atoms with Gasteiger partial charge in [-0.15, -0.1) is 0 Å². The second-order valence-corrected chi connectivity index (χ2v) is 0.507. The minimum Gasteiger partial charge on any atom is -0.0922 e. The Morgan fingerprint density at radius 3 is 1.50 bits per heavy atom. The normalized spacial score (nSPS) is 24.0. The summed E-state index contributed by atoms with van der Waals surface area (Å²) in [5.74, 6) is 0. The molecule has 1 saturated heterocycles. The number of hydrogen-bond acceptors (Lipinski definition) is 6. The van der Waals surface area contributed by atoms with E-state index in [-0.39, 0.29) is 0 Å². The van der Waals surface area contributed by atoms with Crippen molar-refractivity contribution in [1.82, 2.24) is 11.2 Å². The summed E-state index contributed by atoms with van der Waals surface area (Å²) in [6.07, 6.45) is 0. The van der Waals surface area contributed by atoms with Crippen LogP contribution in [-0.2, 0) is 20.1 Å². The number of hydrogen-bond donors (Lipinski definition) is 2. The van der Waals surface area contributed by atoms with Gasteiger partial charge < -0.3 is 0 Å². The molecule has 0 spiro atoms. The predicted octanol–water partition coefficient (Wildman–Crippen LogP) is -1.26. The molecule has 2 N–H and O–H groups in total. The first-order valence-electron chi connectivity index (χ1n) is 1.16. The minimum atomic E-state index is 1.97.